The van der Waals surface area contributed by atoms with E-state index in [9.17, 15) is 13.6 Å². The number of carbonyl (C=O) groups is 1. The van der Waals surface area contributed by atoms with Gasteiger partial charge in [-0.05, 0) is 42.3 Å². The Bertz CT molecular complexity index is 759. The van der Waals surface area contributed by atoms with Crippen LogP contribution in [0.15, 0.2) is 42.5 Å². The van der Waals surface area contributed by atoms with Crippen LogP contribution in [-0.4, -0.2) is 37.1 Å². The molecule has 1 amide bonds. The molecular weight excluding hydrogens is 338 g/mol. The molecule has 3 rings (SSSR count). The van der Waals surface area contributed by atoms with Crippen LogP contribution in [0.4, 0.5) is 8.78 Å². The Kier molecular flexibility index (Phi) is 5.96. The molecule has 0 bridgehead atoms. The first-order valence-electron chi connectivity index (χ1n) is 8.68. The summed E-state index contributed by atoms with van der Waals surface area (Å²) in [6, 6.07) is 10.6. The maximum atomic E-state index is 13.3. The van der Waals surface area contributed by atoms with Crippen LogP contribution >= 0.6 is 0 Å². The number of halogens is 2. The highest BCUT2D eigenvalue weighted by Crippen LogP contribution is 2.17. The molecular formula is C20H22F2N2O2. The molecule has 0 aliphatic carbocycles. The molecule has 4 nitrogen and oxygen atoms in total. The van der Waals surface area contributed by atoms with E-state index in [0.29, 0.717) is 11.1 Å². The monoisotopic (exact) mass is 360 g/mol. The summed E-state index contributed by atoms with van der Waals surface area (Å²) in [6.07, 6.45) is 0. The van der Waals surface area contributed by atoms with Gasteiger partial charge in [0.05, 0.1) is 19.3 Å². The summed E-state index contributed by atoms with van der Waals surface area (Å²) in [5.74, 6) is -2.07. The van der Waals surface area contributed by atoms with Crippen molar-refractivity contribution in [2.24, 2.45) is 0 Å². The van der Waals surface area contributed by atoms with Gasteiger partial charge in [-0.1, -0.05) is 18.2 Å². The molecule has 1 N–H and O–H groups in total. The molecule has 1 saturated heterocycles. The van der Waals surface area contributed by atoms with Crippen LogP contribution in [0.3, 0.4) is 0 Å². The van der Waals surface area contributed by atoms with Crippen LogP contribution in [0.25, 0.3) is 0 Å². The summed E-state index contributed by atoms with van der Waals surface area (Å²) in [4.78, 5) is 14.7. The number of morpholine rings is 1. The van der Waals surface area contributed by atoms with Crippen molar-refractivity contribution in [3.63, 3.8) is 0 Å². The molecule has 1 atom stereocenters. The standard InChI is InChI=1S/C20H22F2N2O2/c1-14(17-6-7-18(21)19(22)12-17)23-20(25)16-4-2-15(3-5-16)13-24-8-10-26-11-9-24/h2-7,12,14H,8-11,13H2,1H3,(H,23,25). The highest BCUT2D eigenvalue weighted by Gasteiger charge is 2.14. The summed E-state index contributed by atoms with van der Waals surface area (Å²) in [7, 11) is 0. The van der Waals surface area contributed by atoms with Crippen molar-refractivity contribution in [1.29, 1.82) is 0 Å². The molecule has 138 valence electrons. The summed E-state index contributed by atoms with van der Waals surface area (Å²) in [5, 5.41) is 2.80. The summed E-state index contributed by atoms with van der Waals surface area (Å²) < 4.78 is 31.7. The predicted octanol–water partition coefficient (Wildman–Crippen LogP) is 3.29. The number of hydrogen-bond acceptors (Lipinski definition) is 3. The normalized spacial score (nSPS) is 16.3. The summed E-state index contributed by atoms with van der Waals surface area (Å²) in [5.41, 5.74) is 2.18. The van der Waals surface area contributed by atoms with Crippen molar-refractivity contribution in [1.82, 2.24) is 10.2 Å². The van der Waals surface area contributed by atoms with Crippen LogP contribution in [0, 0.1) is 11.6 Å². The molecule has 26 heavy (non-hydrogen) atoms. The molecule has 0 aromatic heterocycles. The third kappa shape index (κ3) is 4.65. The van der Waals surface area contributed by atoms with E-state index >= 15 is 0 Å². The number of ether oxygens (including phenoxy) is 1. The van der Waals surface area contributed by atoms with Gasteiger partial charge in [0.25, 0.3) is 5.91 Å². The minimum Gasteiger partial charge on any atom is -0.379 e. The highest BCUT2D eigenvalue weighted by molar-refractivity contribution is 5.94. The summed E-state index contributed by atoms with van der Waals surface area (Å²) in [6.45, 7) is 5.89. The maximum Gasteiger partial charge on any atom is 0.251 e. The SMILES string of the molecule is CC(NC(=O)c1ccc(CN2CCOCC2)cc1)c1ccc(F)c(F)c1. The Morgan fingerprint density at radius 3 is 2.46 bits per heavy atom. The second-order valence-electron chi connectivity index (χ2n) is 6.45. The molecule has 0 radical (unpaired) electrons. The molecule has 1 aliphatic rings. The fraction of sp³-hybridized carbons (Fsp3) is 0.350. The van der Waals surface area contributed by atoms with Gasteiger partial charge < -0.3 is 10.1 Å². The van der Waals surface area contributed by atoms with E-state index < -0.39 is 17.7 Å². The van der Waals surface area contributed by atoms with Gasteiger partial charge in [0, 0.05) is 25.2 Å². The molecule has 2 aromatic carbocycles. The first kappa shape index (κ1) is 18.5. The average Bonchev–Trinajstić information content (AvgIpc) is 2.65. The van der Waals surface area contributed by atoms with E-state index in [1.807, 2.05) is 12.1 Å². The first-order valence-corrected chi connectivity index (χ1v) is 8.68. The zero-order valence-electron chi connectivity index (χ0n) is 14.7. The number of amides is 1. The number of rotatable bonds is 5. The zero-order chi connectivity index (χ0) is 18.5. The minimum absolute atomic E-state index is 0.250. The Balaban J connectivity index is 1.59. The number of hydrogen-bond donors (Lipinski definition) is 1. The van der Waals surface area contributed by atoms with Gasteiger partial charge in [0.1, 0.15) is 0 Å². The second-order valence-corrected chi connectivity index (χ2v) is 6.45. The Hall–Kier alpha value is -2.31. The Labute approximate surface area is 151 Å². The van der Waals surface area contributed by atoms with Gasteiger partial charge in [0.15, 0.2) is 11.6 Å². The molecule has 0 spiro atoms. The summed E-state index contributed by atoms with van der Waals surface area (Å²) >= 11 is 0. The molecule has 1 heterocycles. The first-order chi connectivity index (χ1) is 12.5. The Morgan fingerprint density at radius 1 is 1.12 bits per heavy atom. The van der Waals surface area contributed by atoms with Gasteiger partial charge in [-0.15, -0.1) is 0 Å². The lowest BCUT2D eigenvalue weighted by molar-refractivity contribution is 0.0342. The topological polar surface area (TPSA) is 41.6 Å². The lowest BCUT2D eigenvalue weighted by Crippen LogP contribution is -2.35. The van der Waals surface area contributed by atoms with E-state index in [-0.39, 0.29) is 5.91 Å². The highest BCUT2D eigenvalue weighted by atomic mass is 19.2. The Morgan fingerprint density at radius 2 is 1.81 bits per heavy atom. The van der Waals surface area contributed by atoms with Crippen LogP contribution in [-0.2, 0) is 11.3 Å². The third-order valence-corrected chi connectivity index (χ3v) is 4.52. The van der Waals surface area contributed by atoms with Crippen molar-refractivity contribution in [2.75, 3.05) is 26.3 Å². The van der Waals surface area contributed by atoms with Crippen molar-refractivity contribution in [3.8, 4) is 0 Å². The van der Waals surface area contributed by atoms with Gasteiger partial charge >= 0.3 is 0 Å². The van der Waals surface area contributed by atoms with Crippen molar-refractivity contribution in [2.45, 2.75) is 19.5 Å². The van der Waals surface area contributed by atoms with E-state index in [1.165, 1.54) is 6.07 Å². The second kappa shape index (κ2) is 8.38. The average molecular weight is 360 g/mol. The van der Waals surface area contributed by atoms with Gasteiger partial charge in [0.2, 0.25) is 0 Å². The van der Waals surface area contributed by atoms with Crippen LogP contribution < -0.4 is 5.32 Å². The van der Waals surface area contributed by atoms with Gasteiger partial charge in [-0.2, -0.15) is 0 Å². The lowest BCUT2D eigenvalue weighted by atomic mass is 10.1. The lowest BCUT2D eigenvalue weighted by Gasteiger charge is -2.26. The zero-order valence-corrected chi connectivity index (χ0v) is 14.7. The molecule has 6 heteroatoms. The maximum absolute atomic E-state index is 13.3. The fourth-order valence-electron chi connectivity index (χ4n) is 2.92. The van der Waals surface area contributed by atoms with Crippen LogP contribution in [0.5, 0.6) is 0 Å². The largest absolute Gasteiger partial charge is 0.379 e. The van der Waals surface area contributed by atoms with Gasteiger partial charge in [-0.25, -0.2) is 8.78 Å². The molecule has 2 aromatic rings. The molecule has 1 fully saturated rings. The van der Waals surface area contributed by atoms with Gasteiger partial charge in [-0.3, -0.25) is 9.69 Å². The van der Waals surface area contributed by atoms with Crippen LogP contribution in [0.1, 0.15) is 34.5 Å². The number of benzene rings is 2. The molecule has 0 saturated carbocycles. The van der Waals surface area contributed by atoms with E-state index in [2.05, 4.69) is 10.2 Å². The molecule has 1 aliphatic heterocycles. The van der Waals surface area contributed by atoms with E-state index in [4.69, 9.17) is 4.74 Å². The van der Waals surface area contributed by atoms with Crippen LogP contribution in [0.2, 0.25) is 0 Å². The quantitative estimate of drug-likeness (QED) is 0.890. The van der Waals surface area contributed by atoms with Crippen molar-refractivity contribution < 1.29 is 18.3 Å². The van der Waals surface area contributed by atoms with Crippen molar-refractivity contribution in [3.05, 3.63) is 70.8 Å². The van der Waals surface area contributed by atoms with E-state index in [1.54, 1.807) is 19.1 Å². The minimum atomic E-state index is -0.920. The predicted molar refractivity (Wildman–Crippen MR) is 94.8 cm³/mol. The van der Waals surface area contributed by atoms with Crippen molar-refractivity contribution >= 4 is 5.91 Å². The number of nitrogens with one attached hydrogen (secondary N) is 1. The number of carbonyl (C=O) groups excluding carboxylic acids is 1. The fourth-order valence-corrected chi connectivity index (χ4v) is 2.92. The van der Waals surface area contributed by atoms with E-state index in [0.717, 1.165) is 50.5 Å². The number of nitrogens with zero attached hydrogens (tertiary/aromatic N) is 1. The smallest absolute Gasteiger partial charge is 0.251 e. The third-order valence-electron chi connectivity index (χ3n) is 4.52. The molecule has 1 unspecified atom stereocenters.